The molecule has 19 heavy (non-hydrogen) atoms. The molecule has 1 aliphatic carbocycles. The molecule has 1 aromatic rings. The molecule has 2 rings (SSSR count). The molecule has 1 aromatic heterocycles. The van der Waals surface area contributed by atoms with Crippen LogP contribution in [0.3, 0.4) is 0 Å². The van der Waals surface area contributed by atoms with Gasteiger partial charge in [0.2, 0.25) is 5.88 Å². The predicted octanol–water partition coefficient (Wildman–Crippen LogP) is 3.24. The molecule has 0 bridgehead atoms. The number of pyridine rings is 1. The minimum atomic E-state index is 0.139. The maximum atomic E-state index is 5.73. The van der Waals surface area contributed by atoms with E-state index in [4.69, 9.17) is 9.47 Å². The molecular weight excluding hydrogens is 240 g/mol. The number of hydrogen-bond donors (Lipinski definition) is 1. The number of nitrogens with one attached hydrogen (secondary N) is 1. The van der Waals surface area contributed by atoms with Gasteiger partial charge in [0.1, 0.15) is 0 Å². The first-order valence-electron chi connectivity index (χ1n) is 7.10. The number of anilines is 1. The molecule has 106 valence electrons. The van der Waals surface area contributed by atoms with Crippen LogP contribution in [-0.2, 0) is 4.74 Å². The van der Waals surface area contributed by atoms with E-state index in [0.29, 0.717) is 18.0 Å². The molecule has 0 amide bonds. The fraction of sp³-hybridized carbons (Fsp3) is 0.667. The highest BCUT2D eigenvalue weighted by atomic mass is 16.5. The summed E-state index contributed by atoms with van der Waals surface area (Å²) in [5, 5.41) is 3.56. The van der Waals surface area contributed by atoms with Gasteiger partial charge < -0.3 is 14.8 Å². The van der Waals surface area contributed by atoms with E-state index in [9.17, 15) is 0 Å². The fourth-order valence-electron chi connectivity index (χ4n) is 2.48. The molecule has 4 nitrogen and oxygen atoms in total. The average Bonchev–Trinajstić information content (AvgIpc) is 2.41. The van der Waals surface area contributed by atoms with Crippen molar-refractivity contribution in [3.8, 4) is 5.88 Å². The molecule has 0 radical (unpaired) electrons. The molecule has 0 aliphatic heterocycles. The van der Waals surface area contributed by atoms with Crippen molar-refractivity contribution in [3.63, 3.8) is 0 Å². The van der Waals surface area contributed by atoms with E-state index in [2.05, 4.69) is 10.3 Å². The average molecular weight is 264 g/mol. The van der Waals surface area contributed by atoms with Crippen molar-refractivity contribution >= 4 is 5.69 Å². The van der Waals surface area contributed by atoms with Gasteiger partial charge in [-0.05, 0) is 51.7 Å². The first-order valence-corrected chi connectivity index (χ1v) is 7.10. The maximum absolute atomic E-state index is 5.73. The van der Waals surface area contributed by atoms with E-state index >= 15 is 0 Å². The van der Waals surface area contributed by atoms with Gasteiger partial charge in [0.05, 0.1) is 17.9 Å². The maximum Gasteiger partial charge on any atom is 0.237 e. The van der Waals surface area contributed by atoms with Crippen molar-refractivity contribution in [2.45, 2.75) is 57.8 Å². The Hall–Kier alpha value is -1.29. The first kappa shape index (κ1) is 14.1. The number of rotatable bonds is 5. The third-order valence-electron chi connectivity index (χ3n) is 3.49. The zero-order chi connectivity index (χ0) is 13.7. The summed E-state index contributed by atoms with van der Waals surface area (Å²) in [7, 11) is 1.80. The topological polar surface area (TPSA) is 43.4 Å². The lowest BCUT2D eigenvalue weighted by Gasteiger charge is -2.29. The van der Waals surface area contributed by atoms with E-state index in [1.807, 2.05) is 26.0 Å². The van der Waals surface area contributed by atoms with E-state index in [1.54, 1.807) is 13.3 Å². The minimum Gasteiger partial charge on any atom is -0.473 e. The molecule has 1 N–H and O–H groups in total. The lowest BCUT2D eigenvalue weighted by Crippen LogP contribution is -2.29. The summed E-state index contributed by atoms with van der Waals surface area (Å²) in [4.78, 5) is 4.31. The predicted molar refractivity (Wildman–Crippen MR) is 76.7 cm³/mol. The van der Waals surface area contributed by atoms with Crippen molar-refractivity contribution in [2.24, 2.45) is 0 Å². The molecule has 1 fully saturated rings. The zero-order valence-corrected chi connectivity index (χ0v) is 12.1. The van der Waals surface area contributed by atoms with Gasteiger partial charge in [-0.3, -0.25) is 0 Å². The third-order valence-corrected chi connectivity index (χ3v) is 3.49. The van der Waals surface area contributed by atoms with Gasteiger partial charge in [0.15, 0.2) is 0 Å². The highest BCUT2D eigenvalue weighted by molar-refractivity contribution is 5.52. The number of nitrogens with zero attached hydrogens (tertiary/aromatic N) is 1. The van der Waals surface area contributed by atoms with Gasteiger partial charge in [-0.25, -0.2) is 4.98 Å². The van der Waals surface area contributed by atoms with Crippen molar-refractivity contribution in [2.75, 3.05) is 12.4 Å². The Labute approximate surface area is 115 Å². The summed E-state index contributed by atoms with van der Waals surface area (Å²) in [6.07, 6.45) is 6.84. The van der Waals surface area contributed by atoms with Crippen molar-refractivity contribution < 1.29 is 9.47 Å². The smallest absolute Gasteiger partial charge is 0.237 e. The molecule has 0 atom stereocenters. The summed E-state index contributed by atoms with van der Waals surface area (Å²) in [6, 6.07) is 4.47. The van der Waals surface area contributed by atoms with Crippen LogP contribution in [0, 0.1) is 0 Å². The van der Waals surface area contributed by atoms with Crippen LogP contribution in [0.5, 0.6) is 5.88 Å². The van der Waals surface area contributed by atoms with Gasteiger partial charge >= 0.3 is 0 Å². The van der Waals surface area contributed by atoms with Crippen molar-refractivity contribution in [3.05, 3.63) is 18.3 Å². The summed E-state index contributed by atoms with van der Waals surface area (Å²) in [5.41, 5.74) is 0.997. The van der Waals surface area contributed by atoms with Crippen LogP contribution < -0.4 is 10.1 Å². The minimum absolute atomic E-state index is 0.139. The number of hydrogen-bond acceptors (Lipinski definition) is 4. The van der Waals surface area contributed by atoms with Gasteiger partial charge in [-0.15, -0.1) is 0 Å². The lowest BCUT2D eigenvalue weighted by atomic mass is 9.93. The van der Waals surface area contributed by atoms with Crippen LogP contribution in [0.2, 0.25) is 0 Å². The number of ether oxygens (including phenoxy) is 2. The van der Waals surface area contributed by atoms with E-state index in [0.717, 1.165) is 31.4 Å². The summed E-state index contributed by atoms with van der Waals surface area (Å²) in [5.74, 6) is 0.700. The Kier molecular flexibility index (Phi) is 5.02. The Morgan fingerprint density at radius 3 is 2.63 bits per heavy atom. The monoisotopic (exact) mass is 264 g/mol. The molecule has 1 saturated carbocycles. The van der Waals surface area contributed by atoms with Gasteiger partial charge in [-0.1, -0.05) is 0 Å². The molecule has 0 saturated heterocycles. The SMILES string of the molecule is COC1CCC(Nc2cccnc2OC(C)C)CC1. The van der Waals surface area contributed by atoms with E-state index in [1.165, 1.54) is 0 Å². The molecule has 4 heteroatoms. The van der Waals surface area contributed by atoms with Gasteiger partial charge in [-0.2, -0.15) is 0 Å². The van der Waals surface area contributed by atoms with Crippen molar-refractivity contribution in [1.82, 2.24) is 4.98 Å². The van der Waals surface area contributed by atoms with Crippen LogP contribution in [-0.4, -0.2) is 30.3 Å². The standard InChI is InChI=1S/C15H24N2O2/c1-11(2)19-15-14(5-4-10-16-15)17-12-6-8-13(18-3)9-7-12/h4-5,10-13,17H,6-9H2,1-3H3. The van der Waals surface area contributed by atoms with Crippen LogP contribution in [0.4, 0.5) is 5.69 Å². The second kappa shape index (κ2) is 6.75. The van der Waals surface area contributed by atoms with E-state index < -0.39 is 0 Å². The Bertz CT molecular complexity index is 387. The summed E-state index contributed by atoms with van der Waals surface area (Å²) < 4.78 is 11.1. The normalized spacial score (nSPS) is 23.4. The van der Waals surface area contributed by atoms with Crippen molar-refractivity contribution in [1.29, 1.82) is 0 Å². The lowest BCUT2D eigenvalue weighted by molar-refractivity contribution is 0.0681. The second-order valence-corrected chi connectivity index (χ2v) is 5.38. The molecule has 0 unspecified atom stereocenters. The fourth-order valence-corrected chi connectivity index (χ4v) is 2.48. The Balaban J connectivity index is 1.95. The van der Waals surface area contributed by atoms with Gasteiger partial charge in [0, 0.05) is 19.3 Å². The summed E-state index contributed by atoms with van der Waals surface area (Å²) in [6.45, 7) is 4.03. The molecule has 1 aliphatic rings. The summed E-state index contributed by atoms with van der Waals surface area (Å²) >= 11 is 0. The quantitative estimate of drug-likeness (QED) is 0.886. The molecule has 0 spiro atoms. The second-order valence-electron chi connectivity index (χ2n) is 5.38. The van der Waals surface area contributed by atoms with Crippen LogP contribution in [0.15, 0.2) is 18.3 Å². The first-order chi connectivity index (χ1) is 9.19. The largest absolute Gasteiger partial charge is 0.473 e. The highest BCUT2D eigenvalue weighted by Gasteiger charge is 2.21. The zero-order valence-electron chi connectivity index (χ0n) is 12.1. The number of methoxy groups -OCH3 is 1. The van der Waals surface area contributed by atoms with E-state index in [-0.39, 0.29) is 6.10 Å². The molecular formula is C15H24N2O2. The highest BCUT2D eigenvalue weighted by Crippen LogP contribution is 2.28. The van der Waals surface area contributed by atoms with Gasteiger partial charge in [0.25, 0.3) is 0 Å². The van der Waals surface area contributed by atoms with Crippen LogP contribution >= 0.6 is 0 Å². The Morgan fingerprint density at radius 2 is 2.00 bits per heavy atom. The molecule has 1 heterocycles. The Morgan fingerprint density at radius 1 is 1.26 bits per heavy atom. The third kappa shape index (κ3) is 4.10. The van der Waals surface area contributed by atoms with Crippen LogP contribution in [0.1, 0.15) is 39.5 Å². The molecule has 0 aromatic carbocycles. The number of aromatic nitrogens is 1. The van der Waals surface area contributed by atoms with Crippen LogP contribution in [0.25, 0.3) is 0 Å².